The van der Waals surface area contributed by atoms with Crippen LogP contribution in [0.3, 0.4) is 0 Å². The SMILES string of the molecule is Cc1ccccc1C1(O)CCN(C(=O)Cn2ccnc2-c2ccccc2)C1. The third-order valence-corrected chi connectivity index (χ3v) is 5.30. The smallest absolute Gasteiger partial charge is 0.242 e. The van der Waals surface area contributed by atoms with Gasteiger partial charge in [-0.05, 0) is 24.5 Å². The van der Waals surface area contributed by atoms with Crippen LogP contribution in [-0.4, -0.2) is 38.6 Å². The standard InChI is InChI=1S/C22H23N3O2/c1-17-7-5-6-10-19(17)22(27)11-13-25(16-22)20(26)15-24-14-12-23-21(24)18-8-3-2-4-9-18/h2-10,12,14,27H,11,13,15-16H2,1H3. The molecule has 1 amide bonds. The topological polar surface area (TPSA) is 58.4 Å². The fourth-order valence-electron chi connectivity index (χ4n) is 3.85. The van der Waals surface area contributed by atoms with E-state index >= 15 is 0 Å². The number of hydrogen-bond donors (Lipinski definition) is 1. The monoisotopic (exact) mass is 361 g/mol. The first kappa shape index (κ1) is 17.5. The maximum Gasteiger partial charge on any atom is 0.242 e. The summed E-state index contributed by atoms with van der Waals surface area (Å²) in [6, 6.07) is 17.7. The molecule has 0 radical (unpaired) electrons. The number of aryl methyl sites for hydroxylation is 1. The van der Waals surface area contributed by atoms with E-state index in [0.29, 0.717) is 19.5 Å². The first-order valence-corrected chi connectivity index (χ1v) is 9.20. The van der Waals surface area contributed by atoms with Crippen molar-refractivity contribution in [2.24, 2.45) is 0 Å². The van der Waals surface area contributed by atoms with Crippen molar-refractivity contribution in [2.45, 2.75) is 25.5 Å². The van der Waals surface area contributed by atoms with Crippen LogP contribution < -0.4 is 0 Å². The van der Waals surface area contributed by atoms with Crippen LogP contribution in [0.15, 0.2) is 67.0 Å². The van der Waals surface area contributed by atoms with E-state index in [-0.39, 0.29) is 12.5 Å². The molecule has 1 unspecified atom stereocenters. The Hall–Kier alpha value is -2.92. The largest absolute Gasteiger partial charge is 0.383 e. The minimum atomic E-state index is -0.974. The van der Waals surface area contributed by atoms with E-state index in [1.54, 1.807) is 11.1 Å². The molecule has 1 fully saturated rings. The Bertz CT molecular complexity index is 951. The fourth-order valence-corrected chi connectivity index (χ4v) is 3.85. The number of hydrogen-bond acceptors (Lipinski definition) is 3. The lowest BCUT2D eigenvalue weighted by Gasteiger charge is -2.25. The molecule has 4 rings (SSSR count). The molecular weight excluding hydrogens is 338 g/mol. The highest BCUT2D eigenvalue weighted by atomic mass is 16.3. The number of aliphatic hydroxyl groups is 1. The molecule has 0 aliphatic carbocycles. The van der Waals surface area contributed by atoms with Crippen LogP contribution in [0, 0.1) is 6.92 Å². The van der Waals surface area contributed by atoms with Gasteiger partial charge in [-0.15, -0.1) is 0 Å². The molecule has 138 valence electrons. The highest BCUT2D eigenvalue weighted by Crippen LogP contribution is 2.34. The summed E-state index contributed by atoms with van der Waals surface area (Å²) in [5.74, 6) is 0.770. The van der Waals surface area contributed by atoms with Crippen molar-refractivity contribution < 1.29 is 9.90 Å². The molecule has 1 N–H and O–H groups in total. The lowest BCUT2D eigenvalue weighted by Crippen LogP contribution is -2.36. The van der Waals surface area contributed by atoms with Crippen molar-refractivity contribution in [3.05, 3.63) is 78.1 Å². The lowest BCUT2D eigenvalue weighted by atomic mass is 9.89. The van der Waals surface area contributed by atoms with E-state index < -0.39 is 5.60 Å². The van der Waals surface area contributed by atoms with E-state index in [0.717, 1.165) is 22.5 Å². The van der Waals surface area contributed by atoms with Gasteiger partial charge in [0.2, 0.25) is 5.91 Å². The number of carbonyl (C=O) groups is 1. The number of likely N-dealkylation sites (tertiary alicyclic amines) is 1. The number of imidazole rings is 1. The van der Waals surface area contributed by atoms with Gasteiger partial charge in [-0.1, -0.05) is 54.6 Å². The Balaban J connectivity index is 1.50. The number of amides is 1. The summed E-state index contributed by atoms with van der Waals surface area (Å²) in [6.07, 6.45) is 4.09. The van der Waals surface area contributed by atoms with Gasteiger partial charge in [-0.2, -0.15) is 0 Å². The zero-order valence-corrected chi connectivity index (χ0v) is 15.4. The number of aromatic nitrogens is 2. The Morgan fingerprint density at radius 3 is 2.67 bits per heavy atom. The second kappa shape index (κ2) is 7.00. The summed E-state index contributed by atoms with van der Waals surface area (Å²) in [4.78, 5) is 19.0. The van der Waals surface area contributed by atoms with Crippen molar-refractivity contribution in [3.8, 4) is 11.4 Å². The molecule has 5 nitrogen and oxygen atoms in total. The molecule has 5 heteroatoms. The molecule has 1 aliphatic heterocycles. The van der Waals surface area contributed by atoms with Crippen molar-refractivity contribution in [1.82, 2.24) is 14.5 Å². The Labute approximate surface area is 158 Å². The van der Waals surface area contributed by atoms with Crippen LogP contribution in [0.25, 0.3) is 11.4 Å². The van der Waals surface area contributed by atoms with Gasteiger partial charge in [0.1, 0.15) is 18.0 Å². The first-order valence-electron chi connectivity index (χ1n) is 9.20. The maximum atomic E-state index is 12.9. The quantitative estimate of drug-likeness (QED) is 0.777. The van der Waals surface area contributed by atoms with Crippen molar-refractivity contribution >= 4 is 5.91 Å². The molecule has 1 saturated heterocycles. The molecule has 0 bridgehead atoms. The third kappa shape index (κ3) is 3.38. The Morgan fingerprint density at radius 2 is 1.89 bits per heavy atom. The van der Waals surface area contributed by atoms with E-state index in [4.69, 9.17) is 0 Å². The maximum absolute atomic E-state index is 12.9. The van der Waals surface area contributed by atoms with Gasteiger partial charge >= 0.3 is 0 Å². The number of benzene rings is 2. The van der Waals surface area contributed by atoms with Crippen LogP contribution in [0.4, 0.5) is 0 Å². The predicted molar refractivity (Wildman–Crippen MR) is 104 cm³/mol. The van der Waals surface area contributed by atoms with Crippen LogP contribution >= 0.6 is 0 Å². The van der Waals surface area contributed by atoms with Crippen LogP contribution in [0.2, 0.25) is 0 Å². The first-order chi connectivity index (χ1) is 13.1. The Kier molecular flexibility index (Phi) is 4.54. The molecule has 3 aromatic rings. The van der Waals surface area contributed by atoms with E-state index in [9.17, 15) is 9.90 Å². The predicted octanol–water partition coefficient (Wildman–Crippen LogP) is 2.98. The summed E-state index contributed by atoms with van der Waals surface area (Å²) in [6.45, 7) is 3.09. The number of β-amino-alcohol motifs (C(OH)–C–C–N with tert-alkyl or cyclic N) is 1. The van der Waals surface area contributed by atoms with Crippen LogP contribution in [-0.2, 0) is 16.9 Å². The van der Waals surface area contributed by atoms with Crippen molar-refractivity contribution in [2.75, 3.05) is 13.1 Å². The molecular formula is C22H23N3O2. The average Bonchev–Trinajstić information content (AvgIpc) is 3.30. The summed E-state index contributed by atoms with van der Waals surface area (Å²) >= 11 is 0. The molecule has 1 aromatic heterocycles. The number of rotatable bonds is 4. The molecule has 0 saturated carbocycles. The van der Waals surface area contributed by atoms with E-state index in [1.807, 2.05) is 72.3 Å². The molecule has 27 heavy (non-hydrogen) atoms. The minimum absolute atomic E-state index is 0.00492. The normalized spacial score (nSPS) is 19.4. The fraction of sp³-hybridized carbons (Fsp3) is 0.273. The highest BCUT2D eigenvalue weighted by Gasteiger charge is 2.40. The lowest BCUT2D eigenvalue weighted by molar-refractivity contribution is -0.131. The summed E-state index contributed by atoms with van der Waals surface area (Å²) < 4.78 is 1.86. The number of carbonyl (C=O) groups excluding carboxylic acids is 1. The second-order valence-corrected chi connectivity index (χ2v) is 7.16. The van der Waals surface area contributed by atoms with Crippen LogP contribution in [0.5, 0.6) is 0 Å². The molecule has 0 spiro atoms. The van der Waals surface area contributed by atoms with Gasteiger partial charge in [0.05, 0.1) is 6.54 Å². The van der Waals surface area contributed by atoms with Crippen LogP contribution in [0.1, 0.15) is 17.5 Å². The second-order valence-electron chi connectivity index (χ2n) is 7.16. The van der Waals surface area contributed by atoms with E-state index in [2.05, 4.69) is 4.98 Å². The van der Waals surface area contributed by atoms with Gasteiger partial charge in [-0.3, -0.25) is 4.79 Å². The van der Waals surface area contributed by atoms with Crippen molar-refractivity contribution in [1.29, 1.82) is 0 Å². The highest BCUT2D eigenvalue weighted by molar-refractivity contribution is 5.77. The zero-order valence-electron chi connectivity index (χ0n) is 15.4. The van der Waals surface area contributed by atoms with Gasteiger partial charge in [0, 0.05) is 24.5 Å². The minimum Gasteiger partial charge on any atom is -0.383 e. The molecule has 1 aliphatic rings. The summed E-state index contributed by atoms with van der Waals surface area (Å²) in [7, 11) is 0. The van der Waals surface area contributed by atoms with Gasteiger partial charge in [0.15, 0.2) is 0 Å². The van der Waals surface area contributed by atoms with Gasteiger partial charge < -0.3 is 14.6 Å². The average molecular weight is 361 g/mol. The van der Waals surface area contributed by atoms with Crippen molar-refractivity contribution in [3.63, 3.8) is 0 Å². The van der Waals surface area contributed by atoms with Gasteiger partial charge in [0.25, 0.3) is 0 Å². The van der Waals surface area contributed by atoms with Gasteiger partial charge in [-0.25, -0.2) is 4.98 Å². The molecule has 2 heterocycles. The Morgan fingerprint density at radius 1 is 1.15 bits per heavy atom. The summed E-state index contributed by atoms with van der Waals surface area (Å²) in [5, 5.41) is 11.1. The number of nitrogens with zero attached hydrogens (tertiary/aromatic N) is 3. The molecule has 2 aromatic carbocycles. The zero-order chi connectivity index (χ0) is 18.9. The molecule has 1 atom stereocenters. The third-order valence-electron chi connectivity index (χ3n) is 5.30. The van der Waals surface area contributed by atoms with E-state index in [1.165, 1.54) is 0 Å². The summed E-state index contributed by atoms with van der Waals surface area (Å²) in [5.41, 5.74) is 1.97.